The van der Waals surface area contributed by atoms with E-state index in [-0.39, 0.29) is 5.92 Å². The molecule has 0 bridgehead atoms. The van der Waals surface area contributed by atoms with Crippen LogP contribution in [0.25, 0.3) is 0 Å². The van der Waals surface area contributed by atoms with Gasteiger partial charge in [0.25, 0.3) is 0 Å². The monoisotopic (exact) mass is 399 g/mol. The first-order valence-corrected chi connectivity index (χ1v) is 9.64. The molecule has 1 unspecified atom stereocenters. The minimum atomic E-state index is 0.0788. The van der Waals surface area contributed by atoms with E-state index in [0.29, 0.717) is 5.91 Å². The molecule has 2 aliphatic rings. The SMILES string of the molecule is Cc1cc(Br)cnc1N1CCC(C(=O)N2CCc3ccccc3C2)C1. The highest BCUT2D eigenvalue weighted by Crippen LogP contribution is 2.29. The number of hydrogen-bond donors (Lipinski definition) is 0. The van der Waals surface area contributed by atoms with Crippen LogP contribution in [0.1, 0.15) is 23.1 Å². The predicted octanol–water partition coefficient (Wildman–Crippen LogP) is 3.56. The molecule has 0 radical (unpaired) electrons. The fourth-order valence-corrected chi connectivity index (χ4v) is 4.41. The summed E-state index contributed by atoms with van der Waals surface area (Å²) in [5.41, 5.74) is 3.83. The Balaban J connectivity index is 1.44. The van der Waals surface area contributed by atoms with E-state index >= 15 is 0 Å². The molecule has 2 aromatic rings. The van der Waals surface area contributed by atoms with E-state index in [1.165, 1.54) is 11.1 Å². The standard InChI is InChI=1S/C20H22BrN3O/c1-14-10-18(21)11-22-19(14)23-8-7-17(13-23)20(25)24-9-6-15-4-2-3-5-16(15)12-24/h2-5,10-11,17H,6-9,12-13H2,1H3. The van der Waals surface area contributed by atoms with Crippen molar-refractivity contribution in [2.45, 2.75) is 26.3 Å². The zero-order valence-electron chi connectivity index (χ0n) is 14.4. The van der Waals surface area contributed by atoms with Crippen molar-refractivity contribution >= 4 is 27.7 Å². The van der Waals surface area contributed by atoms with Gasteiger partial charge in [0.2, 0.25) is 5.91 Å². The molecule has 2 aliphatic heterocycles. The Kier molecular flexibility index (Phi) is 4.50. The maximum atomic E-state index is 13.0. The summed E-state index contributed by atoms with van der Waals surface area (Å²) >= 11 is 3.46. The molecular weight excluding hydrogens is 378 g/mol. The van der Waals surface area contributed by atoms with Gasteiger partial charge in [0.1, 0.15) is 5.82 Å². The lowest BCUT2D eigenvalue weighted by Gasteiger charge is -2.31. The molecule has 4 rings (SSSR count). The van der Waals surface area contributed by atoms with E-state index in [2.05, 4.69) is 63.1 Å². The molecule has 130 valence electrons. The first-order valence-electron chi connectivity index (χ1n) is 8.84. The van der Waals surface area contributed by atoms with Crippen LogP contribution in [0.15, 0.2) is 41.0 Å². The Bertz CT molecular complexity index is 807. The van der Waals surface area contributed by atoms with Crippen molar-refractivity contribution in [3.05, 3.63) is 57.7 Å². The molecule has 1 aromatic heterocycles. The van der Waals surface area contributed by atoms with Crippen molar-refractivity contribution < 1.29 is 4.79 Å². The molecule has 0 spiro atoms. The number of pyridine rings is 1. The second-order valence-electron chi connectivity index (χ2n) is 7.00. The van der Waals surface area contributed by atoms with Gasteiger partial charge in [0, 0.05) is 36.8 Å². The number of carbonyl (C=O) groups is 1. The van der Waals surface area contributed by atoms with Crippen LogP contribution >= 0.6 is 15.9 Å². The normalized spacial score (nSPS) is 19.8. The number of aromatic nitrogens is 1. The van der Waals surface area contributed by atoms with Crippen molar-refractivity contribution in [1.82, 2.24) is 9.88 Å². The third-order valence-corrected chi connectivity index (χ3v) is 5.73. The number of anilines is 1. The van der Waals surface area contributed by atoms with Crippen molar-refractivity contribution in [2.24, 2.45) is 5.92 Å². The molecule has 0 saturated carbocycles. The van der Waals surface area contributed by atoms with E-state index in [0.717, 1.165) is 54.9 Å². The minimum Gasteiger partial charge on any atom is -0.356 e. The predicted molar refractivity (Wildman–Crippen MR) is 103 cm³/mol. The smallest absolute Gasteiger partial charge is 0.227 e. The molecule has 0 N–H and O–H groups in total. The Morgan fingerprint density at radius 1 is 1.24 bits per heavy atom. The van der Waals surface area contributed by atoms with E-state index < -0.39 is 0 Å². The third kappa shape index (κ3) is 3.30. The molecule has 0 aliphatic carbocycles. The topological polar surface area (TPSA) is 36.4 Å². The number of hydrogen-bond acceptors (Lipinski definition) is 3. The average molecular weight is 400 g/mol. The number of rotatable bonds is 2. The van der Waals surface area contributed by atoms with Crippen molar-refractivity contribution in [3.63, 3.8) is 0 Å². The first-order chi connectivity index (χ1) is 12.1. The molecule has 1 saturated heterocycles. The van der Waals surface area contributed by atoms with Crippen molar-refractivity contribution in [2.75, 3.05) is 24.5 Å². The van der Waals surface area contributed by atoms with Crippen LogP contribution in [-0.2, 0) is 17.8 Å². The Morgan fingerprint density at radius 2 is 2.04 bits per heavy atom. The highest BCUT2D eigenvalue weighted by Gasteiger charge is 2.33. The molecule has 4 nitrogen and oxygen atoms in total. The van der Waals surface area contributed by atoms with Gasteiger partial charge in [-0.05, 0) is 58.5 Å². The van der Waals surface area contributed by atoms with Crippen LogP contribution in [0.5, 0.6) is 0 Å². The lowest BCUT2D eigenvalue weighted by molar-refractivity contribution is -0.135. The number of carbonyl (C=O) groups excluding carboxylic acids is 1. The Hall–Kier alpha value is -1.88. The van der Waals surface area contributed by atoms with E-state index in [4.69, 9.17) is 0 Å². The lowest BCUT2D eigenvalue weighted by Crippen LogP contribution is -2.40. The summed E-state index contributed by atoms with van der Waals surface area (Å²) in [5, 5.41) is 0. The van der Waals surface area contributed by atoms with Crippen LogP contribution in [0.2, 0.25) is 0 Å². The fourth-order valence-electron chi connectivity index (χ4n) is 3.96. The average Bonchev–Trinajstić information content (AvgIpc) is 3.10. The van der Waals surface area contributed by atoms with E-state index in [9.17, 15) is 4.79 Å². The van der Waals surface area contributed by atoms with Gasteiger partial charge < -0.3 is 9.80 Å². The molecule has 3 heterocycles. The molecule has 1 atom stereocenters. The molecule has 5 heteroatoms. The van der Waals surface area contributed by atoms with Gasteiger partial charge in [-0.3, -0.25) is 4.79 Å². The molecule has 1 amide bonds. The van der Waals surface area contributed by atoms with Crippen LogP contribution in [0, 0.1) is 12.8 Å². The summed E-state index contributed by atoms with van der Waals surface area (Å²) in [7, 11) is 0. The maximum absolute atomic E-state index is 13.0. The largest absolute Gasteiger partial charge is 0.356 e. The highest BCUT2D eigenvalue weighted by atomic mass is 79.9. The Labute approximate surface area is 157 Å². The van der Waals surface area contributed by atoms with Gasteiger partial charge in [-0.15, -0.1) is 0 Å². The maximum Gasteiger partial charge on any atom is 0.227 e. The minimum absolute atomic E-state index is 0.0788. The van der Waals surface area contributed by atoms with Crippen LogP contribution in [-0.4, -0.2) is 35.4 Å². The van der Waals surface area contributed by atoms with Gasteiger partial charge in [-0.2, -0.15) is 0 Å². The molecular formula is C20H22BrN3O. The van der Waals surface area contributed by atoms with Gasteiger partial charge in [-0.25, -0.2) is 4.98 Å². The van der Waals surface area contributed by atoms with E-state index in [1.54, 1.807) is 0 Å². The molecule has 25 heavy (non-hydrogen) atoms. The van der Waals surface area contributed by atoms with Crippen LogP contribution < -0.4 is 4.90 Å². The summed E-state index contributed by atoms with van der Waals surface area (Å²) in [6.45, 7) is 5.33. The van der Waals surface area contributed by atoms with E-state index in [1.807, 2.05) is 11.1 Å². The van der Waals surface area contributed by atoms with Gasteiger partial charge in [0.05, 0.1) is 5.92 Å². The number of benzene rings is 1. The summed E-state index contributed by atoms with van der Waals surface area (Å²) in [5.74, 6) is 1.38. The van der Waals surface area contributed by atoms with Crippen molar-refractivity contribution in [3.8, 4) is 0 Å². The number of halogens is 1. The van der Waals surface area contributed by atoms with Gasteiger partial charge in [0.15, 0.2) is 0 Å². The quantitative estimate of drug-likeness (QED) is 0.774. The second-order valence-corrected chi connectivity index (χ2v) is 7.92. The lowest BCUT2D eigenvalue weighted by atomic mass is 9.98. The third-order valence-electron chi connectivity index (χ3n) is 5.30. The number of amides is 1. The number of nitrogens with zero attached hydrogens (tertiary/aromatic N) is 3. The summed E-state index contributed by atoms with van der Waals surface area (Å²) in [6.07, 6.45) is 3.71. The zero-order valence-corrected chi connectivity index (χ0v) is 16.0. The van der Waals surface area contributed by atoms with Gasteiger partial charge in [-0.1, -0.05) is 24.3 Å². The second kappa shape index (κ2) is 6.79. The van der Waals surface area contributed by atoms with Crippen molar-refractivity contribution in [1.29, 1.82) is 0 Å². The summed E-state index contributed by atoms with van der Waals surface area (Å²) < 4.78 is 0.993. The molecule has 1 fully saturated rings. The first kappa shape index (κ1) is 16.6. The highest BCUT2D eigenvalue weighted by molar-refractivity contribution is 9.10. The Morgan fingerprint density at radius 3 is 2.84 bits per heavy atom. The fraction of sp³-hybridized carbons (Fsp3) is 0.400. The summed E-state index contributed by atoms with van der Waals surface area (Å²) in [4.78, 5) is 21.8. The van der Waals surface area contributed by atoms with Crippen LogP contribution in [0.4, 0.5) is 5.82 Å². The van der Waals surface area contributed by atoms with Gasteiger partial charge >= 0.3 is 0 Å². The summed E-state index contributed by atoms with van der Waals surface area (Å²) in [6, 6.07) is 10.5. The zero-order chi connectivity index (χ0) is 17.4. The number of aryl methyl sites for hydroxylation is 1. The van der Waals surface area contributed by atoms with Crippen LogP contribution in [0.3, 0.4) is 0 Å². The number of fused-ring (bicyclic) bond motifs is 1. The molecule has 1 aromatic carbocycles.